The van der Waals surface area contributed by atoms with Crippen LogP contribution in [0.25, 0.3) is 0 Å². The van der Waals surface area contributed by atoms with E-state index in [4.69, 9.17) is 0 Å². The largest absolute Gasteiger partial charge is 0.389 e. The molecule has 0 bridgehead atoms. The number of hydrogen-bond donors (Lipinski definition) is 3. The third kappa shape index (κ3) is 4.06. The van der Waals surface area contributed by atoms with Crippen LogP contribution in [0, 0.1) is 0 Å². The van der Waals surface area contributed by atoms with Crippen LogP contribution in [0.3, 0.4) is 0 Å². The molecule has 3 nitrogen and oxygen atoms in total. The van der Waals surface area contributed by atoms with Gasteiger partial charge in [-0.05, 0) is 55.2 Å². The molecule has 2 aromatic carbocycles. The Morgan fingerprint density at radius 2 is 1.81 bits per heavy atom. The number of nitrogens with one attached hydrogen (secondary N) is 2. The highest BCUT2D eigenvalue weighted by Gasteiger charge is 2.19. The average molecular weight is 282 g/mol. The summed E-state index contributed by atoms with van der Waals surface area (Å²) in [5, 5.41) is 16.6. The van der Waals surface area contributed by atoms with Crippen molar-refractivity contribution >= 4 is 11.4 Å². The molecule has 1 unspecified atom stereocenters. The first kappa shape index (κ1) is 14.1. The first-order chi connectivity index (χ1) is 10.2. The molecule has 1 aliphatic carbocycles. The Hall–Kier alpha value is -1.84. The molecule has 0 amide bonds. The molecule has 3 N–H and O–H groups in total. The lowest BCUT2D eigenvalue weighted by Crippen LogP contribution is -2.15. The van der Waals surface area contributed by atoms with Crippen molar-refractivity contribution in [3.8, 4) is 0 Å². The first-order valence-corrected chi connectivity index (χ1v) is 7.58. The minimum atomic E-state index is -0.444. The third-order valence-electron chi connectivity index (χ3n) is 3.76. The summed E-state index contributed by atoms with van der Waals surface area (Å²) in [4.78, 5) is 0. The number of rotatable bonds is 6. The number of aliphatic hydroxyl groups excluding tert-OH is 1. The summed E-state index contributed by atoms with van der Waals surface area (Å²) >= 11 is 0. The summed E-state index contributed by atoms with van der Waals surface area (Å²) in [6.07, 6.45) is 2.18. The predicted octanol–water partition coefficient (Wildman–Crippen LogP) is 3.74. The Morgan fingerprint density at radius 3 is 2.52 bits per heavy atom. The van der Waals surface area contributed by atoms with E-state index in [2.05, 4.69) is 34.9 Å². The van der Waals surface area contributed by atoms with Gasteiger partial charge in [-0.15, -0.1) is 0 Å². The van der Waals surface area contributed by atoms with Crippen LogP contribution in [0.1, 0.15) is 37.0 Å². The zero-order chi connectivity index (χ0) is 14.7. The van der Waals surface area contributed by atoms with Gasteiger partial charge in [0.25, 0.3) is 0 Å². The van der Waals surface area contributed by atoms with Gasteiger partial charge in [-0.3, -0.25) is 0 Å². The molecule has 3 rings (SSSR count). The van der Waals surface area contributed by atoms with E-state index in [-0.39, 0.29) is 0 Å². The number of benzene rings is 2. The Morgan fingerprint density at radius 1 is 1.10 bits per heavy atom. The van der Waals surface area contributed by atoms with Gasteiger partial charge >= 0.3 is 0 Å². The molecule has 21 heavy (non-hydrogen) atoms. The summed E-state index contributed by atoms with van der Waals surface area (Å²) in [5.74, 6) is 0. The van der Waals surface area contributed by atoms with Crippen LogP contribution in [0.2, 0.25) is 0 Å². The van der Waals surface area contributed by atoms with Crippen LogP contribution < -0.4 is 10.6 Å². The molecular formula is C18H22N2O. The number of anilines is 2. The molecule has 0 radical (unpaired) electrons. The van der Waals surface area contributed by atoms with E-state index in [1.807, 2.05) is 24.3 Å². The molecule has 0 aromatic heterocycles. The van der Waals surface area contributed by atoms with E-state index in [0.717, 1.165) is 29.5 Å². The Labute approximate surface area is 126 Å². The fraction of sp³-hybridized carbons (Fsp3) is 0.333. The van der Waals surface area contributed by atoms with Gasteiger partial charge in [-0.1, -0.05) is 24.3 Å². The van der Waals surface area contributed by atoms with Gasteiger partial charge in [0.15, 0.2) is 0 Å². The molecular weight excluding hydrogens is 260 g/mol. The lowest BCUT2D eigenvalue weighted by atomic mass is 10.1. The van der Waals surface area contributed by atoms with Crippen LogP contribution in [-0.2, 0) is 6.54 Å². The summed E-state index contributed by atoms with van der Waals surface area (Å²) < 4.78 is 0. The van der Waals surface area contributed by atoms with E-state index in [1.54, 1.807) is 6.92 Å². The van der Waals surface area contributed by atoms with Crippen molar-refractivity contribution in [3.63, 3.8) is 0 Å². The maximum absolute atomic E-state index is 9.65. The molecule has 0 spiro atoms. The summed E-state index contributed by atoms with van der Waals surface area (Å²) in [6, 6.07) is 17.1. The fourth-order valence-electron chi connectivity index (χ4n) is 2.35. The van der Waals surface area contributed by atoms with Gasteiger partial charge in [0, 0.05) is 24.0 Å². The highest BCUT2D eigenvalue weighted by atomic mass is 16.3. The molecule has 0 saturated heterocycles. The lowest BCUT2D eigenvalue weighted by Gasteiger charge is -2.11. The Bertz CT molecular complexity index is 606. The summed E-state index contributed by atoms with van der Waals surface area (Å²) in [5.41, 5.74) is 4.29. The zero-order valence-corrected chi connectivity index (χ0v) is 12.3. The van der Waals surface area contributed by atoms with Gasteiger partial charge in [0.1, 0.15) is 0 Å². The molecule has 1 fully saturated rings. The van der Waals surface area contributed by atoms with Crippen LogP contribution in [-0.4, -0.2) is 11.1 Å². The van der Waals surface area contributed by atoms with Crippen molar-refractivity contribution in [2.45, 2.75) is 38.5 Å². The van der Waals surface area contributed by atoms with Crippen molar-refractivity contribution in [1.29, 1.82) is 0 Å². The van der Waals surface area contributed by atoms with E-state index >= 15 is 0 Å². The number of aliphatic hydroxyl groups is 1. The maximum atomic E-state index is 9.65. The molecule has 110 valence electrons. The van der Waals surface area contributed by atoms with Crippen molar-refractivity contribution in [3.05, 3.63) is 59.7 Å². The van der Waals surface area contributed by atoms with E-state index in [1.165, 1.54) is 18.4 Å². The summed E-state index contributed by atoms with van der Waals surface area (Å²) in [7, 11) is 0. The molecule has 3 heteroatoms. The van der Waals surface area contributed by atoms with Crippen LogP contribution >= 0.6 is 0 Å². The monoisotopic (exact) mass is 282 g/mol. The molecule has 0 aliphatic heterocycles. The number of hydrogen-bond acceptors (Lipinski definition) is 3. The van der Waals surface area contributed by atoms with E-state index < -0.39 is 6.10 Å². The fourth-order valence-corrected chi connectivity index (χ4v) is 2.35. The highest BCUT2D eigenvalue weighted by molar-refractivity contribution is 5.61. The second kappa shape index (κ2) is 6.29. The smallest absolute Gasteiger partial charge is 0.0762 e. The van der Waals surface area contributed by atoms with Crippen LogP contribution in [0.5, 0.6) is 0 Å². The maximum Gasteiger partial charge on any atom is 0.0762 e. The summed E-state index contributed by atoms with van der Waals surface area (Å²) in [6.45, 7) is 2.71. The lowest BCUT2D eigenvalue weighted by molar-refractivity contribution is 0.199. The zero-order valence-electron chi connectivity index (χ0n) is 12.3. The quantitative estimate of drug-likeness (QED) is 0.756. The normalized spacial score (nSPS) is 15.7. The Balaban J connectivity index is 1.68. The van der Waals surface area contributed by atoms with Crippen LogP contribution in [0.4, 0.5) is 11.4 Å². The van der Waals surface area contributed by atoms with Gasteiger partial charge in [-0.25, -0.2) is 0 Å². The molecule has 1 aliphatic rings. The molecule has 2 aromatic rings. The van der Waals surface area contributed by atoms with Crippen molar-refractivity contribution in [2.75, 3.05) is 5.32 Å². The second-order valence-corrected chi connectivity index (χ2v) is 5.78. The molecule has 0 heterocycles. The predicted molar refractivity (Wildman–Crippen MR) is 86.7 cm³/mol. The Kier molecular flexibility index (Phi) is 4.23. The molecule has 1 saturated carbocycles. The molecule has 1 atom stereocenters. The van der Waals surface area contributed by atoms with E-state index in [9.17, 15) is 5.11 Å². The van der Waals surface area contributed by atoms with Gasteiger partial charge in [0.05, 0.1) is 6.10 Å². The standard InChI is InChI=1S/C18H22N2O/c1-13(21)15-5-3-7-18(11-15)20-17-6-2-4-14(10-17)12-19-16-8-9-16/h2-7,10-11,13,16,19-21H,8-9,12H2,1H3. The van der Waals surface area contributed by atoms with Gasteiger partial charge in [-0.2, -0.15) is 0 Å². The van der Waals surface area contributed by atoms with Crippen molar-refractivity contribution < 1.29 is 5.11 Å². The van der Waals surface area contributed by atoms with E-state index in [0.29, 0.717) is 0 Å². The third-order valence-corrected chi connectivity index (χ3v) is 3.76. The van der Waals surface area contributed by atoms with Gasteiger partial charge < -0.3 is 15.7 Å². The van der Waals surface area contributed by atoms with Crippen LogP contribution in [0.15, 0.2) is 48.5 Å². The van der Waals surface area contributed by atoms with Crippen molar-refractivity contribution in [1.82, 2.24) is 5.32 Å². The topological polar surface area (TPSA) is 44.3 Å². The SMILES string of the molecule is CC(O)c1cccc(Nc2cccc(CNC3CC3)c2)c1. The first-order valence-electron chi connectivity index (χ1n) is 7.58. The van der Waals surface area contributed by atoms with Gasteiger partial charge in [0.2, 0.25) is 0 Å². The minimum absolute atomic E-state index is 0.444. The minimum Gasteiger partial charge on any atom is -0.389 e. The van der Waals surface area contributed by atoms with Crippen molar-refractivity contribution in [2.24, 2.45) is 0 Å². The second-order valence-electron chi connectivity index (χ2n) is 5.78. The average Bonchev–Trinajstić information content (AvgIpc) is 3.30. The highest BCUT2D eigenvalue weighted by Crippen LogP contribution is 2.23.